The summed E-state index contributed by atoms with van der Waals surface area (Å²) in [6.07, 6.45) is 2.15. The molecule has 1 rings (SSSR count). The van der Waals surface area contributed by atoms with Gasteiger partial charge in [-0.3, -0.25) is 0 Å². The van der Waals surface area contributed by atoms with Gasteiger partial charge in [-0.05, 0) is 13.0 Å². The average molecular weight is 193 g/mol. The summed E-state index contributed by atoms with van der Waals surface area (Å²) in [7, 11) is -3.09. The minimum Gasteiger partial charge on any atom is -0.315 e. The predicted molar refractivity (Wildman–Crippen MR) is 47.0 cm³/mol. The van der Waals surface area contributed by atoms with E-state index in [1.807, 2.05) is 0 Å². The van der Waals surface area contributed by atoms with Gasteiger partial charge in [0.15, 0.2) is 0 Å². The first-order chi connectivity index (χ1) is 5.58. The molecule has 0 unspecified atom stereocenters. The Kier molecular flexibility index (Phi) is 3.45. The van der Waals surface area contributed by atoms with Crippen LogP contribution in [-0.2, 0) is 10.0 Å². The molecule has 1 saturated heterocycles. The lowest BCUT2D eigenvalue weighted by molar-refractivity contribution is 0.258. The van der Waals surface area contributed by atoms with E-state index in [9.17, 15) is 8.42 Å². The predicted octanol–water partition coefficient (Wildman–Crippen LogP) is -1.25. The van der Waals surface area contributed by atoms with Gasteiger partial charge in [0.25, 0.3) is 0 Å². The molecule has 0 saturated carbocycles. The summed E-state index contributed by atoms with van der Waals surface area (Å²) in [6.45, 7) is 3.30. The average Bonchev–Trinajstić information content (AvgIpc) is 2.12. The van der Waals surface area contributed by atoms with Gasteiger partial charge in [0.2, 0.25) is 10.0 Å². The van der Waals surface area contributed by atoms with Crippen LogP contribution < -0.4 is 10.1 Å². The Balaban J connectivity index is 2.40. The fraction of sp³-hybridized carbons (Fsp3) is 1.00. The van der Waals surface area contributed by atoms with Crippen LogP contribution >= 0.6 is 0 Å². The summed E-state index contributed by atoms with van der Waals surface area (Å²) < 4.78 is 21.7. The molecule has 0 atom stereocenters. The van der Waals surface area contributed by atoms with Gasteiger partial charge in [-0.15, -0.1) is 4.83 Å². The lowest BCUT2D eigenvalue weighted by Gasteiger charge is -2.18. The van der Waals surface area contributed by atoms with E-state index >= 15 is 0 Å². The molecule has 0 spiro atoms. The molecular formula is C6H15N3O2S. The molecule has 12 heavy (non-hydrogen) atoms. The normalized spacial score (nSPS) is 22.1. The molecule has 1 aliphatic heterocycles. The Labute approximate surface area is 73.1 Å². The van der Waals surface area contributed by atoms with Crippen LogP contribution in [0.25, 0.3) is 0 Å². The first kappa shape index (κ1) is 9.91. The van der Waals surface area contributed by atoms with Crippen molar-refractivity contribution in [3.63, 3.8) is 0 Å². The van der Waals surface area contributed by atoms with Gasteiger partial charge in [-0.25, -0.2) is 13.4 Å². The third-order valence-electron chi connectivity index (χ3n) is 1.64. The first-order valence-electron chi connectivity index (χ1n) is 4.01. The zero-order chi connectivity index (χ0) is 9.03. The summed E-state index contributed by atoms with van der Waals surface area (Å²) in [5, 5.41) is 4.92. The minimum absolute atomic E-state index is 0.729. The molecule has 1 aliphatic rings. The van der Waals surface area contributed by atoms with Crippen LogP contribution in [0.15, 0.2) is 0 Å². The lowest BCUT2D eigenvalue weighted by Crippen LogP contribution is -2.43. The fourth-order valence-corrected chi connectivity index (χ4v) is 1.82. The molecule has 72 valence electrons. The summed E-state index contributed by atoms with van der Waals surface area (Å²) in [6, 6.07) is 0. The van der Waals surface area contributed by atoms with Gasteiger partial charge in [-0.2, -0.15) is 0 Å². The Bertz CT molecular complexity index is 219. The van der Waals surface area contributed by atoms with Crippen molar-refractivity contribution < 1.29 is 8.42 Å². The second-order valence-corrected chi connectivity index (χ2v) is 4.68. The van der Waals surface area contributed by atoms with Gasteiger partial charge >= 0.3 is 0 Å². The standard InChI is InChI=1S/C6H15N3O2S/c1-12(10,11)8-9-5-2-3-7-4-6-9/h7-8H,2-6H2,1H3. The Morgan fingerprint density at radius 1 is 1.33 bits per heavy atom. The monoisotopic (exact) mass is 193 g/mol. The molecule has 0 aliphatic carbocycles. The third kappa shape index (κ3) is 4.01. The highest BCUT2D eigenvalue weighted by Gasteiger charge is 2.11. The molecule has 1 fully saturated rings. The van der Waals surface area contributed by atoms with Crippen molar-refractivity contribution >= 4 is 10.0 Å². The number of nitrogens with zero attached hydrogens (tertiary/aromatic N) is 1. The number of sulfonamides is 1. The van der Waals surface area contributed by atoms with E-state index in [0.29, 0.717) is 0 Å². The van der Waals surface area contributed by atoms with E-state index in [1.165, 1.54) is 6.26 Å². The van der Waals surface area contributed by atoms with Crippen LogP contribution in [0, 0.1) is 0 Å². The minimum atomic E-state index is -3.09. The SMILES string of the molecule is CS(=O)(=O)NN1CCCNCC1. The molecule has 0 aromatic rings. The van der Waals surface area contributed by atoms with E-state index in [1.54, 1.807) is 5.01 Å². The molecule has 0 radical (unpaired) electrons. The zero-order valence-electron chi connectivity index (χ0n) is 7.21. The van der Waals surface area contributed by atoms with Crippen molar-refractivity contribution in [1.82, 2.24) is 15.2 Å². The van der Waals surface area contributed by atoms with Crippen molar-refractivity contribution in [3.05, 3.63) is 0 Å². The third-order valence-corrected chi connectivity index (χ3v) is 2.22. The lowest BCUT2D eigenvalue weighted by atomic mass is 10.4. The van der Waals surface area contributed by atoms with Crippen LogP contribution in [-0.4, -0.2) is 45.9 Å². The summed E-state index contributed by atoms with van der Waals surface area (Å²) >= 11 is 0. The van der Waals surface area contributed by atoms with E-state index in [4.69, 9.17) is 0 Å². The van der Waals surface area contributed by atoms with E-state index in [0.717, 1.165) is 32.6 Å². The molecular weight excluding hydrogens is 178 g/mol. The van der Waals surface area contributed by atoms with E-state index in [2.05, 4.69) is 10.1 Å². The number of rotatable bonds is 2. The molecule has 0 aromatic carbocycles. The summed E-state index contributed by atoms with van der Waals surface area (Å²) in [5.41, 5.74) is 0. The van der Waals surface area contributed by atoms with Crippen molar-refractivity contribution in [1.29, 1.82) is 0 Å². The molecule has 0 amide bonds. The number of hydrazine groups is 1. The van der Waals surface area contributed by atoms with Crippen LogP contribution in [0.3, 0.4) is 0 Å². The summed E-state index contributed by atoms with van der Waals surface area (Å²) in [4.78, 5) is 2.46. The first-order valence-corrected chi connectivity index (χ1v) is 5.90. The van der Waals surface area contributed by atoms with Gasteiger partial charge in [0.1, 0.15) is 0 Å². The molecule has 5 nitrogen and oxygen atoms in total. The highest BCUT2D eigenvalue weighted by molar-refractivity contribution is 7.88. The van der Waals surface area contributed by atoms with Crippen LogP contribution in [0.5, 0.6) is 0 Å². The van der Waals surface area contributed by atoms with Crippen molar-refractivity contribution in [2.24, 2.45) is 0 Å². The van der Waals surface area contributed by atoms with Gasteiger partial charge in [-0.1, -0.05) is 0 Å². The molecule has 1 heterocycles. The Hall–Kier alpha value is -0.170. The van der Waals surface area contributed by atoms with Crippen LogP contribution in [0.4, 0.5) is 0 Å². The second-order valence-electron chi connectivity index (χ2n) is 2.95. The van der Waals surface area contributed by atoms with Crippen molar-refractivity contribution in [2.45, 2.75) is 6.42 Å². The maximum absolute atomic E-state index is 10.8. The molecule has 0 bridgehead atoms. The number of hydrogen-bond donors (Lipinski definition) is 2. The Morgan fingerprint density at radius 3 is 2.75 bits per heavy atom. The topological polar surface area (TPSA) is 61.4 Å². The maximum atomic E-state index is 10.8. The quantitative estimate of drug-likeness (QED) is 0.575. The molecule has 0 aromatic heterocycles. The van der Waals surface area contributed by atoms with Crippen LogP contribution in [0.1, 0.15) is 6.42 Å². The summed E-state index contributed by atoms with van der Waals surface area (Å²) in [5.74, 6) is 0. The maximum Gasteiger partial charge on any atom is 0.221 e. The number of hydrogen-bond acceptors (Lipinski definition) is 4. The van der Waals surface area contributed by atoms with Gasteiger partial charge in [0.05, 0.1) is 6.26 Å². The van der Waals surface area contributed by atoms with Crippen molar-refractivity contribution in [3.8, 4) is 0 Å². The smallest absolute Gasteiger partial charge is 0.221 e. The highest BCUT2D eigenvalue weighted by atomic mass is 32.2. The van der Waals surface area contributed by atoms with E-state index < -0.39 is 10.0 Å². The van der Waals surface area contributed by atoms with Gasteiger partial charge < -0.3 is 5.32 Å². The van der Waals surface area contributed by atoms with Gasteiger partial charge in [0, 0.05) is 19.6 Å². The zero-order valence-corrected chi connectivity index (χ0v) is 8.02. The Morgan fingerprint density at radius 2 is 2.08 bits per heavy atom. The van der Waals surface area contributed by atoms with Crippen LogP contribution in [0.2, 0.25) is 0 Å². The highest BCUT2D eigenvalue weighted by Crippen LogP contribution is 1.92. The largest absolute Gasteiger partial charge is 0.315 e. The second kappa shape index (κ2) is 4.18. The van der Waals surface area contributed by atoms with Crippen molar-refractivity contribution in [2.75, 3.05) is 32.4 Å². The fourth-order valence-electron chi connectivity index (χ4n) is 1.17. The van der Waals surface area contributed by atoms with E-state index in [-0.39, 0.29) is 0 Å². The molecule has 6 heteroatoms. The number of nitrogens with one attached hydrogen (secondary N) is 2. The molecule has 2 N–H and O–H groups in total.